The molecule has 0 atom stereocenters. The van der Waals surface area contributed by atoms with Crippen LogP contribution in [0.5, 0.6) is 0 Å². The molecule has 0 aliphatic rings. The van der Waals surface area contributed by atoms with Crippen molar-refractivity contribution in [2.24, 2.45) is 5.14 Å². The van der Waals surface area contributed by atoms with Gasteiger partial charge in [0.1, 0.15) is 0 Å². The van der Waals surface area contributed by atoms with Gasteiger partial charge in [-0.1, -0.05) is 11.8 Å². The molecule has 3 aromatic rings. The van der Waals surface area contributed by atoms with Gasteiger partial charge in [0.05, 0.1) is 21.7 Å². The molecule has 0 saturated heterocycles. The van der Waals surface area contributed by atoms with Gasteiger partial charge in [-0.25, -0.2) is 18.5 Å². The number of amides is 1. The van der Waals surface area contributed by atoms with Crippen LogP contribution in [0.25, 0.3) is 11.0 Å². The van der Waals surface area contributed by atoms with Crippen molar-refractivity contribution >= 4 is 50.1 Å². The highest BCUT2D eigenvalue weighted by Gasteiger charge is 2.17. The van der Waals surface area contributed by atoms with E-state index in [4.69, 9.17) is 5.14 Å². The van der Waals surface area contributed by atoms with Crippen LogP contribution < -0.4 is 5.14 Å². The summed E-state index contributed by atoms with van der Waals surface area (Å²) < 4.78 is 25.1. The molecule has 27 heavy (non-hydrogen) atoms. The lowest BCUT2D eigenvalue weighted by molar-refractivity contribution is -0.127. The Morgan fingerprint density at radius 3 is 2.78 bits per heavy atom. The van der Waals surface area contributed by atoms with Crippen LogP contribution >= 0.6 is 23.1 Å². The molecule has 144 valence electrons. The number of carbonyl (C=O) groups excluding carboxylic acids is 1. The molecule has 3 rings (SSSR count). The molecule has 0 bridgehead atoms. The number of carbonyl (C=O) groups is 1. The fraction of sp³-hybridized carbons (Fsp3) is 0.294. The summed E-state index contributed by atoms with van der Waals surface area (Å²) in [5.74, 6) is 0.262. The maximum atomic E-state index is 12.4. The number of benzene rings is 1. The predicted octanol–water partition coefficient (Wildman–Crippen LogP) is 2.52. The van der Waals surface area contributed by atoms with Crippen molar-refractivity contribution in [1.29, 1.82) is 0 Å². The van der Waals surface area contributed by atoms with Crippen molar-refractivity contribution in [3.63, 3.8) is 0 Å². The van der Waals surface area contributed by atoms with Gasteiger partial charge in [0.2, 0.25) is 15.9 Å². The Kier molecular flexibility index (Phi) is 5.89. The lowest BCUT2D eigenvalue weighted by Crippen LogP contribution is -2.27. The minimum absolute atomic E-state index is 0.00568. The first-order chi connectivity index (χ1) is 12.8. The van der Waals surface area contributed by atoms with Crippen molar-refractivity contribution in [2.45, 2.75) is 30.1 Å². The van der Waals surface area contributed by atoms with Crippen molar-refractivity contribution < 1.29 is 13.2 Å². The van der Waals surface area contributed by atoms with E-state index in [1.807, 2.05) is 28.3 Å². The topological polar surface area (TPSA) is 98.3 Å². The van der Waals surface area contributed by atoms with Crippen molar-refractivity contribution in [3.8, 4) is 0 Å². The monoisotopic (exact) mass is 424 g/mol. The molecule has 0 unspecified atom stereocenters. The molecule has 1 aromatic carbocycles. The molecule has 0 fully saturated rings. The fourth-order valence-electron chi connectivity index (χ4n) is 2.66. The average molecular weight is 425 g/mol. The Balaban J connectivity index is 1.76. The maximum absolute atomic E-state index is 12.4. The van der Waals surface area contributed by atoms with E-state index in [2.05, 4.69) is 4.98 Å². The van der Waals surface area contributed by atoms with Gasteiger partial charge in [-0.3, -0.25) is 4.79 Å². The van der Waals surface area contributed by atoms with Gasteiger partial charge in [-0.15, -0.1) is 0 Å². The van der Waals surface area contributed by atoms with Crippen LogP contribution in [-0.2, 0) is 27.9 Å². The van der Waals surface area contributed by atoms with E-state index >= 15 is 0 Å². The van der Waals surface area contributed by atoms with E-state index < -0.39 is 10.0 Å². The molecule has 10 heteroatoms. The Hall–Kier alpha value is -1.88. The minimum Gasteiger partial charge on any atom is -0.341 e. The Morgan fingerprint density at radius 1 is 1.37 bits per heavy atom. The van der Waals surface area contributed by atoms with E-state index in [-0.39, 0.29) is 16.6 Å². The first-order valence-electron chi connectivity index (χ1n) is 8.20. The first kappa shape index (κ1) is 19.9. The normalized spacial score (nSPS) is 11.8. The molecule has 0 aliphatic carbocycles. The molecule has 2 N–H and O–H groups in total. The SMILES string of the molecule is CCn1c(SCC(=O)N(C)Cc2ccsc2)nc2cc(S(N)(=O)=O)ccc21. The van der Waals surface area contributed by atoms with Gasteiger partial charge >= 0.3 is 0 Å². The first-order valence-corrected chi connectivity index (χ1v) is 11.7. The highest BCUT2D eigenvalue weighted by atomic mass is 32.2. The van der Waals surface area contributed by atoms with Crippen molar-refractivity contribution in [3.05, 3.63) is 40.6 Å². The van der Waals surface area contributed by atoms with Gasteiger partial charge in [0.15, 0.2) is 5.16 Å². The molecule has 2 aromatic heterocycles. The number of imidazole rings is 1. The van der Waals surface area contributed by atoms with Gasteiger partial charge < -0.3 is 9.47 Å². The number of fused-ring (bicyclic) bond motifs is 1. The van der Waals surface area contributed by atoms with Gasteiger partial charge in [0.25, 0.3) is 0 Å². The lowest BCUT2D eigenvalue weighted by Gasteiger charge is -2.16. The van der Waals surface area contributed by atoms with Crippen LogP contribution in [0.3, 0.4) is 0 Å². The lowest BCUT2D eigenvalue weighted by atomic mass is 10.3. The van der Waals surface area contributed by atoms with Gasteiger partial charge in [0, 0.05) is 20.1 Å². The number of nitrogens with zero attached hydrogens (tertiary/aromatic N) is 3. The summed E-state index contributed by atoms with van der Waals surface area (Å²) in [5.41, 5.74) is 2.47. The summed E-state index contributed by atoms with van der Waals surface area (Å²) in [4.78, 5) is 18.6. The molecule has 7 nitrogen and oxygen atoms in total. The van der Waals surface area contributed by atoms with E-state index in [1.165, 1.54) is 23.9 Å². The second-order valence-corrected chi connectivity index (χ2v) is 9.29. The number of hydrogen-bond acceptors (Lipinski definition) is 6. The predicted molar refractivity (Wildman–Crippen MR) is 108 cm³/mol. The number of rotatable bonds is 7. The number of nitrogens with two attached hydrogens (primary N) is 1. The molecule has 2 heterocycles. The summed E-state index contributed by atoms with van der Waals surface area (Å²) in [5, 5.41) is 9.88. The molecule has 0 spiro atoms. The molecule has 1 amide bonds. The fourth-order valence-corrected chi connectivity index (χ4v) is 4.87. The number of aryl methyl sites for hydroxylation is 1. The molecular formula is C17H20N4O3S3. The second kappa shape index (κ2) is 8.01. The van der Waals surface area contributed by atoms with Crippen LogP contribution in [0.15, 0.2) is 45.1 Å². The Morgan fingerprint density at radius 2 is 2.15 bits per heavy atom. The zero-order valence-electron chi connectivity index (χ0n) is 15.0. The van der Waals surface area contributed by atoms with Crippen molar-refractivity contribution in [2.75, 3.05) is 12.8 Å². The molecular weight excluding hydrogens is 404 g/mol. The highest BCUT2D eigenvalue weighted by molar-refractivity contribution is 7.99. The summed E-state index contributed by atoms with van der Waals surface area (Å²) >= 11 is 2.95. The van der Waals surface area contributed by atoms with Crippen LogP contribution in [0.4, 0.5) is 0 Å². The van der Waals surface area contributed by atoms with Gasteiger partial charge in [-0.2, -0.15) is 11.3 Å². The zero-order chi connectivity index (χ0) is 19.6. The number of thiophene rings is 1. The third-order valence-corrected chi connectivity index (χ3v) is 6.68. The van der Waals surface area contributed by atoms with Crippen LogP contribution in [0, 0.1) is 0 Å². The summed E-state index contributed by atoms with van der Waals surface area (Å²) in [6.45, 7) is 3.21. The Labute approximate surface area is 166 Å². The third-order valence-electron chi connectivity index (χ3n) is 4.08. The Bertz CT molecular complexity index is 1060. The van der Waals surface area contributed by atoms with Crippen LogP contribution in [0.2, 0.25) is 0 Å². The number of sulfonamides is 1. The molecule has 0 saturated carbocycles. The van der Waals surface area contributed by atoms with E-state index in [0.717, 1.165) is 11.1 Å². The second-order valence-electron chi connectivity index (χ2n) is 6.00. The van der Waals surface area contributed by atoms with Gasteiger partial charge in [-0.05, 0) is 47.5 Å². The highest BCUT2D eigenvalue weighted by Crippen LogP contribution is 2.26. The van der Waals surface area contributed by atoms with Crippen LogP contribution in [-0.4, -0.2) is 41.6 Å². The smallest absolute Gasteiger partial charge is 0.238 e. The quantitative estimate of drug-likeness (QED) is 0.588. The van der Waals surface area contributed by atoms with E-state index in [1.54, 1.807) is 29.4 Å². The average Bonchev–Trinajstić information content (AvgIpc) is 3.24. The largest absolute Gasteiger partial charge is 0.341 e. The van der Waals surface area contributed by atoms with E-state index in [9.17, 15) is 13.2 Å². The molecule has 0 aliphatic heterocycles. The minimum atomic E-state index is -3.78. The summed E-state index contributed by atoms with van der Waals surface area (Å²) in [6, 6.07) is 6.63. The number of thioether (sulfide) groups is 1. The number of hydrogen-bond donors (Lipinski definition) is 1. The van der Waals surface area contributed by atoms with Crippen LogP contribution in [0.1, 0.15) is 12.5 Å². The number of primary sulfonamides is 1. The van der Waals surface area contributed by atoms with E-state index in [0.29, 0.717) is 23.8 Å². The standard InChI is InChI=1S/C17H20N4O3S3/c1-3-21-15-5-4-13(27(18,23)24)8-14(15)19-17(21)26-11-16(22)20(2)9-12-6-7-25-10-12/h4-8,10H,3,9,11H2,1-2H3,(H2,18,23,24). The summed E-state index contributed by atoms with van der Waals surface area (Å²) in [7, 11) is -2.00. The summed E-state index contributed by atoms with van der Waals surface area (Å²) in [6.07, 6.45) is 0. The zero-order valence-corrected chi connectivity index (χ0v) is 17.4. The maximum Gasteiger partial charge on any atom is 0.238 e. The van der Waals surface area contributed by atoms with Crippen molar-refractivity contribution in [1.82, 2.24) is 14.5 Å². The third kappa shape index (κ3) is 4.52. The molecule has 0 radical (unpaired) electrons. The number of aromatic nitrogens is 2.